The van der Waals surface area contributed by atoms with Crippen molar-refractivity contribution in [2.24, 2.45) is 5.92 Å². The van der Waals surface area contributed by atoms with Crippen LogP contribution in [0.15, 0.2) is 6.07 Å². The highest BCUT2D eigenvalue weighted by molar-refractivity contribution is 5.91. The fourth-order valence-electron chi connectivity index (χ4n) is 3.02. The summed E-state index contributed by atoms with van der Waals surface area (Å²) in [4.78, 5) is 23.8. The quantitative estimate of drug-likeness (QED) is 0.851. The minimum absolute atomic E-state index is 0.0668. The van der Waals surface area contributed by atoms with Crippen LogP contribution in [0.1, 0.15) is 62.0 Å². The molecule has 1 saturated carbocycles. The normalized spacial score (nSPS) is 17.3. The zero-order chi connectivity index (χ0) is 16.7. The molecule has 6 nitrogen and oxygen atoms in total. The number of rotatable bonds is 5. The number of carbonyl (C=O) groups excluding carboxylic acids is 1. The number of nitrogens with zero attached hydrogens (tertiary/aromatic N) is 5. The van der Waals surface area contributed by atoms with Gasteiger partial charge in [0.15, 0.2) is 0 Å². The first-order valence-electron chi connectivity index (χ1n) is 8.46. The van der Waals surface area contributed by atoms with Gasteiger partial charge < -0.3 is 4.90 Å². The highest BCUT2D eigenvalue weighted by Gasteiger charge is 2.39. The van der Waals surface area contributed by atoms with Gasteiger partial charge in [-0.2, -0.15) is 4.98 Å². The minimum Gasteiger partial charge on any atom is -0.330 e. The van der Waals surface area contributed by atoms with Gasteiger partial charge in [-0.3, -0.25) is 4.79 Å². The maximum absolute atomic E-state index is 13.0. The van der Waals surface area contributed by atoms with Crippen molar-refractivity contribution < 1.29 is 4.79 Å². The molecule has 2 aromatic rings. The molecule has 0 spiro atoms. The molecule has 124 valence electrons. The Labute approximate surface area is 136 Å². The second kappa shape index (κ2) is 5.91. The third-order valence-corrected chi connectivity index (χ3v) is 4.89. The van der Waals surface area contributed by atoms with Crippen LogP contribution in [-0.4, -0.2) is 42.5 Å². The van der Waals surface area contributed by atoms with Crippen LogP contribution in [-0.2, 0) is 0 Å². The zero-order valence-electron chi connectivity index (χ0n) is 14.6. The SMILES string of the molecule is CC[C@@H](C)[C@H](C)N(C(=O)c1nc2nc(C)cc(C)n2n1)C1CC1. The summed E-state index contributed by atoms with van der Waals surface area (Å²) in [6, 6.07) is 2.48. The number of aromatic nitrogens is 4. The van der Waals surface area contributed by atoms with Crippen molar-refractivity contribution in [1.82, 2.24) is 24.5 Å². The second-order valence-electron chi connectivity index (χ2n) is 6.76. The summed E-state index contributed by atoms with van der Waals surface area (Å²) < 4.78 is 1.65. The first kappa shape index (κ1) is 15.9. The molecule has 2 aromatic heterocycles. The van der Waals surface area contributed by atoms with E-state index in [2.05, 4.69) is 35.8 Å². The Kier molecular flexibility index (Phi) is 4.08. The number of carbonyl (C=O) groups is 1. The van der Waals surface area contributed by atoms with Crippen molar-refractivity contribution in [1.29, 1.82) is 0 Å². The number of amides is 1. The molecule has 0 aliphatic heterocycles. The average molecular weight is 315 g/mol. The molecule has 6 heteroatoms. The smallest absolute Gasteiger partial charge is 0.294 e. The molecule has 0 radical (unpaired) electrons. The first-order valence-corrected chi connectivity index (χ1v) is 8.46. The van der Waals surface area contributed by atoms with Gasteiger partial charge in [0.1, 0.15) is 0 Å². The van der Waals surface area contributed by atoms with E-state index in [0.717, 1.165) is 30.7 Å². The van der Waals surface area contributed by atoms with Crippen molar-refractivity contribution in [3.63, 3.8) is 0 Å². The Morgan fingerprint density at radius 1 is 1.35 bits per heavy atom. The summed E-state index contributed by atoms with van der Waals surface area (Å²) in [5.74, 6) is 1.15. The molecule has 1 amide bonds. The summed E-state index contributed by atoms with van der Waals surface area (Å²) in [7, 11) is 0. The van der Waals surface area contributed by atoms with Crippen LogP contribution in [0.2, 0.25) is 0 Å². The van der Waals surface area contributed by atoms with Gasteiger partial charge in [-0.05, 0) is 45.6 Å². The lowest BCUT2D eigenvalue weighted by Crippen LogP contribution is -2.44. The third kappa shape index (κ3) is 2.94. The second-order valence-corrected chi connectivity index (χ2v) is 6.76. The lowest BCUT2D eigenvalue weighted by atomic mass is 9.99. The van der Waals surface area contributed by atoms with Crippen molar-refractivity contribution in [2.45, 2.75) is 66.0 Å². The van der Waals surface area contributed by atoms with E-state index in [1.165, 1.54) is 0 Å². The third-order valence-electron chi connectivity index (χ3n) is 4.89. The van der Waals surface area contributed by atoms with Gasteiger partial charge in [-0.15, -0.1) is 5.10 Å². The maximum atomic E-state index is 13.0. The molecule has 23 heavy (non-hydrogen) atoms. The molecule has 1 aliphatic carbocycles. The molecule has 0 aromatic carbocycles. The van der Waals surface area contributed by atoms with Gasteiger partial charge in [0, 0.05) is 23.5 Å². The van der Waals surface area contributed by atoms with Gasteiger partial charge in [0.05, 0.1) is 0 Å². The molecule has 0 saturated heterocycles. The Balaban J connectivity index is 1.96. The number of fused-ring (bicyclic) bond motifs is 1. The van der Waals surface area contributed by atoms with Crippen LogP contribution in [0.4, 0.5) is 0 Å². The van der Waals surface area contributed by atoms with E-state index in [1.54, 1.807) is 4.52 Å². The van der Waals surface area contributed by atoms with Gasteiger partial charge >= 0.3 is 0 Å². The van der Waals surface area contributed by atoms with E-state index in [1.807, 2.05) is 24.8 Å². The van der Waals surface area contributed by atoms with Crippen molar-refractivity contribution in [3.8, 4) is 0 Å². The van der Waals surface area contributed by atoms with Gasteiger partial charge in [-0.1, -0.05) is 20.3 Å². The van der Waals surface area contributed by atoms with Crippen LogP contribution in [0.5, 0.6) is 0 Å². The molecule has 0 bridgehead atoms. The summed E-state index contributed by atoms with van der Waals surface area (Å²) in [6.45, 7) is 10.4. The average Bonchev–Trinajstić information content (AvgIpc) is 3.24. The van der Waals surface area contributed by atoms with E-state index in [0.29, 0.717) is 17.7 Å². The number of hydrogen-bond acceptors (Lipinski definition) is 4. The standard InChI is InChI=1S/C17H25N5O/c1-6-10(2)13(5)21(14-7-8-14)16(23)15-19-17-18-11(3)9-12(4)22(17)20-15/h9-10,13-14H,6-8H2,1-5H3/t10-,13+/m1/s1. The zero-order valence-corrected chi connectivity index (χ0v) is 14.6. The van der Waals surface area contributed by atoms with E-state index < -0.39 is 0 Å². The van der Waals surface area contributed by atoms with Crippen LogP contribution < -0.4 is 0 Å². The molecule has 0 unspecified atom stereocenters. The molecular weight excluding hydrogens is 290 g/mol. The van der Waals surface area contributed by atoms with E-state index in [4.69, 9.17) is 0 Å². The van der Waals surface area contributed by atoms with Crippen LogP contribution in [0, 0.1) is 19.8 Å². The summed E-state index contributed by atoms with van der Waals surface area (Å²) in [6.07, 6.45) is 3.21. The highest BCUT2D eigenvalue weighted by atomic mass is 16.2. The Bertz CT molecular complexity index is 734. The minimum atomic E-state index is -0.0668. The molecular formula is C17H25N5O. The molecule has 2 atom stereocenters. The predicted molar refractivity (Wildman–Crippen MR) is 88.4 cm³/mol. The first-order chi connectivity index (χ1) is 10.9. The molecule has 1 aliphatic rings. The highest BCUT2D eigenvalue weighted by Crippen LogP contribution is 2.32. The van der Waals surface area contributed by atoms with Gasteiger partial charge in [0.25, 0.3) is 11.7 Å². The van der Waals surface area contributed by atoms with E-state index >= 15 is 0 Å². The van der Waals surface area contributed by atoms with E-state index in [-0.39, 0.29) is 17.8 Å². The number of hydrogen-bond donors (Lipinski definition) is 0. The van der Waals surface area contributed by atoms with Crippen molar-refractivity contribution in [2.75, 3.05) is 0 Å². The summed E-state index contributed by atoms with van der Waals surface area (Å²) in [5.41, 5.74) is 1.82. The Hall–Kier alpha value is -1.98. The van der Waals surface area contributed by atoms with Crippen LogP contribution in [0.3, 0.4) is 0 Å². The largest absolute Gasteiger partial charge is 0.330 e. The van der Waals surface area contributed by atoms with Crippen LogP contribution >= 0.6 is 0 Å². The van der Waals surface area contributed by atoms with Crippen LogP contribution in [0.25, 0.3) is 5.78 Å². The molecule has 3 rings (SSSR count). The lowest BCUT2D eigenvalue weighted by Gasteiger charge is -2.32. The van der Waals surface area contributed by atoms with E-state index in [9.17, 15) is 4.79 Å². The Morgan fingerprint density at radius 2 is 2.04 bits per heavy atom. The molecule has 0 N–H and O–H groups in total. The molecule has 2 heterocycles. The summed E-state index contributed by atoms with van der Waals surface area (Å²) >= 11 is 0. The van der Waals surface area contributed by atoms with Crippen molar-refractivity contribution in [3.05, 3.63) is 23.3 Å². The summed E-state index contributed by atoms with van der Waals surface area (Å²) in [5, 5.41) is 4.40. The topological polar surface area (TPSA) is 63.4 Å². The Morgan fingerprint density at radius 3 is 2.65 bits per heavy atom. The van der Waals surface area contributed by atoms with Gasteiger partial charge in [0.2, 0.25) is 5.82 Å². The lowest BCUT2D eigenvalue weighted by molar-refractivity contribution is 0.0603. The fourth-order valence-corrected chi connectivity index (χ4v) is 3.02. The maximum Gasteiger partial charge on any atom is 0.294 e. The predicted octanol–water partition coefficient (Wildman–Crippen LogP) is 2.78. The number of aryl methyl sites for hydroxylation is 2. The monoisotopic (exact) mass is 315 g/mol. The van der Waals surface area contributed by atoms with Crippen molar-refractivity contribution >= 4 is 11.7 Å². The van der Waals surface area contributed by atoms with Gasteiger partial charge in [-0.25, -0.2) is 9.50 Å². The molecule has 1 fully saturated rings. The fraction of sp³-hybridized carbons (Fsp3) is 0.647.